The fraction of sp³-hybridized carbons (Fsp3) is 0.158. The number of azo groups is 1. The highest BCUT2D eigenvalue weighted by molar-refractivity contribution is 5.92. The summed E-state index contributed by atoms with van der Waals surface area (Å²) >= 11 is 0. The van der Waals surface area contributed by atoms with E-state index in [1.54, 1.807) is 0 Å². The smallest absolute Gasteiger partial charge is 0.132 e. The summed E-state index contributed by atoms with van der Waals surface area (Å²) in [5.74, 6) is 0. The molecular weight excluding hydrogens is 397 g/mol. The molecule has 0 unspecified atom stereocenters. The van der Waals surface area contributed by atoms with Crippen molar-refractivity contribution in [2.45, 2.75) is 0 Å². The van der Waals surface area contributed by atoms with Gasteiger partial charge in [0.2, 0.25) is 0 Å². The minimum absolute atomic E-state index is 0. The first-order chi connectivity index (χ1) is 10.5. The Morgan fingerprint density at radius 2 is 1.35 bits per heavy atom. The summed E-state index contributed by atoms with van der Waals surface area (Å²) in [5.41, 5.74) is 3.00. The Hall–Kier alpha value is -1.79. The zero-order chi connectivity index (χ0) is 15.6. The van der Waals surface area contributed by atoms with Crippen molar-refractivity contribution in [2.24, 2.45) is 10.2 Å². The maximum atomic E-state index is 4.42. The van der Waals surface area contributed by atoms with Gasteiger partial charge in [-0.1, -0.05) is 36.4 Å². The lowest BCUT2D eigenvalue weighted by Gasteiger charge is -2.23. The molecular formula is C19H20IN3. The molecule has 4 heteroatoms. The summed E-state index contributed by atoms with van der Waals surface area (Å²) in [5, 5.41) is 11.1. The van der Waals surface area contributed by atoms with Crippen molar-refractivity contribution >= 4 is 27.8 Å². The van der Waals surface area contributed by atoms with Gasteiger partial charge in [0.15, 0.2) is 0 Å². The maximum absolute atomic E-state index is 4.42. The first-order valence-corrected chi connectivity index (χ1v) is 7.36. The highest BCUT2D eigenvalue weighted by Crippen LogP contribution is 2.28. The van der Waals surface area contributed by atoms with Crippen LogP contribution >= 0.6 is 0 Å². The fourth-order valence-corrected chi connectivity index (χ4v) is 2.37. The molecule has 0 atom stereocenters. The average molecular weight is 417 g/mol. The highest BCUT2D eigenvalue weighted by Gasteiger charge is 2.10. The number of halogens is 1. The molecule has 0 aliphatic carbocycles. The standard InChI is InChI=1S/C19H20N3.HI/c1-22(2,3)17-13-11-16(12-14-17)20-21-19-10-6-8-15-7-4-5-9-18(15)19;/h4-14H,1-3H3;1H/q+1;/p-1. The van der Waals surface area contributed by atoms with Crippen LogP contribution in [0, 0.1) is 0 Å². The van der Waals surface area contributed by atoms with E-state index < -0.39 is 0 Å². The zero-order valence-corrected chi connectivity index (χ0v) is 15.7. The molecule has 0 fully saturated rings. The number of fused-ring (bicyclic) bond motifs is 1. The molecule has 3 aromatic carbocycles. The van der Waals surface area contributed by atoms with Gasteiger partial charge in [0.05, 0.1) is 32.5 Å². The van der Waals surface area contributed by atoms with Crippen molar-refractivity contribution in [2.75, 3.05) is 21.1 Å². The molecule has 0 N–H and O–H groups in total. The van der Waals surface area contributed by atoms with Crippen LogP contribution in [-0.2, 0) is 0 Å². The van der Waals surface area contributed by atoms with E-state index in [4.69, 9.17) is 0 Å². The normalized spacial score (nSPS) is 11.6. The summed E-state index contributed by atoms with van der Waals surface area (Å²) in [7, 11) is 6.44. The van der Waals surface area contributed by atoms with E-state index in [2.05, 4.69) is 61.7 Å². The van der Waals surface area contributed by atoms with Crippen LogP contribution in [0.5, 0.6) is 0 Å². The van der Waals surface area contributed by atoms with Gasteiger partial charge in [-0.25, -0.2) is 0 Å². The average Bonchev–Trinajstić information content (AvgIpc) is 2.52. The predicted molar refractivity (Wildman–Crippen MR) is 94.1 cm³/mol. The van der Waals surface area contributed by atoms with Gasteiger partial charge in [-0.15, -0.1) is 5.11 Å². The molecule has 23 heavy (non-hydrogen) atoms. The molecule has 0 aliphatic heterocycles. The molecule has 3 nitrogen and oxygen atoms in total. The van der Waals surface area contributed by atoms with Crippen LogP contribution in [0.25, 0.3) is 10.8 Å². The summed E-state index contributed by atoms with van der Waals surface area (Å²) in [4.78, 5) is 0. The van der Waals surface area contributed by atoms with E-state index in [-0.39, 0.29) is 24.0 Å². The van der Waals surface area contributed by atoms with Gasteiger partial charge in [0, 0.05) is 17.5 Å². The first kappa shape index (κ1) is 17.6. The topological polar surface area (TPSA) is 24.7 Å². The second kappa shape index (κ2) is 7.19. The van der Waals surface area contributed by atoms with E-state index in [1.165, 1.54) is 11.1 Å². The van der Waals surface area contributed by atoms with Gasteiger partial charge in [-0.3, -0.25) is 4.48 Å². The third-order valence-corrected chi connectivity index (χ3v) is 3.66. The van der Waals surface area contributed by atoms with Crippen molar-refractivity contribution < 1.29 is 24.0 Å². The van der Waals surface area contributed by atoms with E-state index in [0.717, 1.165) is 21.2 Å². The second-order valence-corrected chi connectivity index (χ2v) is 6.23. The molecule has 0 heterocycles. The second-order valence-electron chi connectivity index (χ2n) is 6.23. The lowest BCUT2D eigenvalue weighted by molar-refractivity contribution is -0.00000468. The van der Waals surface area contributed by atoms with E-state index in [0.29, 0.717) is 0 Å². The number of quaternary nitrogens is 1. The fourth-order valence-electron chi connectivity index (χ4n) is 2.37. The van der Waals surface area contributed by atoms with Gasteiger partial charge < -0.3 is 24.0 Å². The molecule has 0 aromatic heterocycles. The Morgan fingerprint density at radius 1 is 0.696 bits per heavy atom. The SMILES string of the molecule is C[N+](C)(C)c1ccc(N=Nc2cccc3ccccc23)cc1.[I-]. The molecule has 0 bridgehead atoms. The summed E-state index contributed by atoms with van der Waals surface area (Å²) in [6.45, 7) is 0. The Kier molecular flexibility index (Phi) is 5.49. The van der Waals surface area contributed by atoms with Crippen molar-refractivity contribution in [3.05, 3.63) is 66.7 Å². The third kappa shape index (κ3) is 4.14. The van der Waals surface area contributed by atoms with Crippen LogP contribution in [0.2, 0.25) is 0 Å². The van der Waals surface area contributed by atoms with Gasteiger partial charge in [0.25, 0.3) is 0 Å². The van der Waals surface area contributed by atoms with E-state index >= 15 is 0 Å². The maximum Gasteiger partial charge on any atom is 0.132 e. The predicted octanol–water partition coefficient (Wildman–Crippen LogP) is 2.46. The van der Waals surface area contributed by atoms with Crippen LogP contribution in [0.4, 0.5) is 17.1 Å². The van der Waals surface area contributed by atoms with Crippen LogP contribution in [0.1, 0.15) is 0 Å². The van der Waals surface area contributed by atoms with E-state index in [9.17, 15) is 0 Å². The Balaban J connectivity index is 0.00000192. The van der Waals surface area contributed by atoms with Gasteiger partial charge in [-0.2, -0.15) is 5.11 Å². The molecule has 0 saturated carbocycles. The highest BCUT2D eigenvalue weighted by atomic mass is 127. The summed E-state index contributed by atoms with van der Waals surface area (Å²) in [6, 6.07) is 22.5. The minimum atomic E-state index is 0. The molecule has 0 amide bonds. The lowest BCUT2D eigenvalue weighted by Crippen LogP contribution is -3.00. The molecule has 0 saturated heterocycles. The van der Waals surface area contributed by atoms with Crippen molar-refractivity contribution in [3.63, 3.8) is 0 Å². The number of hydrogen-bond donors (Lipinski definition) is 0. The molecule has 118 valence electrons. The van der Waals surface area contributed by atoms with Gasteiger partial charge in [0.1, 0.15) is 5.69 Å². The number of hydrogen-bond acceptors (Lipinski definition) is 2. The first-order valence-electron chi connectivity index (χ1n) is 7.36. The van der Waals surface area contributed by atoms with Crippen molar-refractivity contribution in [1.82, 2.24) is 4.48 Å². The lowest BCUT2D eigenvalue weighted by atomic mass is 10.1. The Labute approximate surface area is 154 Å². The number of rotatable bonds is 3. The Bertz CT molecular complexity index is 813. The zero-order valence-electron chi connectivity index (χ0n) is 13.6. The van der Waals surface area contributed by atoms with Crippen LogP contribution < -0.4 is 28.5 Å². The minimum Gasteiger partial charge on any atom is -1.00 e. The number of benzene rings is 3. The summed E-state index contributed by atoms with van der Waals surface area (Å²) < 4.78 is 0.792. The molecule has 3 rings (SSSR count). The van der Waals surface area contributed by atoms with E-state index in [1.807, 2.05) is 36.4 Å². The number of nitrogens with zero attached hydrogens (tertiary/aromatic N) is 3. The third-order valence-electron chi connectivity index (χ3n) is 3.66. The molecule has 0 aliphatic rings. The molecule has 3 aromatic rings. The van der Waals surface area contributed by atoms with Crippen LogP contribution in [0.3, 0.4) is 0 Å². The van der Waals surface area contributed by atoms with Crippen LogP contribution in [-0.4, -0.2) is 21.1 Å². The van der Waals surface area contributed by atoms with Gasteiger partial charge >= 0.3 is 0 Å². The Morgan fingerprint density at radius 3 is 2.04 bits per heavy atom. The monoisotopic (exact) mass is 417 g/mol. The largest absolute Gasteiger partial charge is 1.00 e. The quantitative estimate of drug-likeness (QED) is 0.356. The molecule has 0 radical (unpaired) electrons. The van der Waals surface area contributed by atoms with Crippen LogP contribution in [0.15, 0.2) is 77.0 Å². The van der Waals surface area contributed by atoms with Crippen molar-refractivity contribution in [3.8, 4) is 0 Å². The van der Waals surface area contributed by atoms with Crippen molar-refractivity contribution in [1.29, 1.82) is 0 Å². The summed E-state index contributed by atoms with van der Waals surface area (Å²) in [6.07, 6.45) is 0. The molecule has 0 spiro atoms. The van der Waals surface area contributed by atoms with Gasteiger partial charge in [-0.05, 0) is 23.6 Å².